The molecule has 1 aliphatic carbocycles. The molecule has 4 rings (SSSR count). The number of ether oxygens (including phenoxy) is 2. The van der Waals surface area contributed by atoms with Crippen molar-refractivity contribution < 1.29 is 19.1 Å². The zero-order valence-electron chi connectivity index (χ0n) is 14.8. The van der Waals surface area contributed by atoms with Crippen molar-refractivity contribution in [3.05, 3.63) is 12.2 Å². The highest BCUT2D eigenvalue weighted by Gasteiger charge is 2.43. The molecule has 3 fully saturated rings. The molecule has 3 aliphatic heterocycles. The molecule has 0 N–H and O–H groups in total. The largest absolute Gasteiger partial charge is 0.381 e. The summed E-state index contributed by atoms with van der Waals surface area (Å²) >= 11 is 0. The fourth-order valence-electron chi connectivity index (χ4n) is 4.53. The van der Waals surface area contributed by atoms with Crippen molar-refractivity contribution >= 4 is 11.8 Å². The van der Waals surface area contributed by atoms with E-state index in [0.717, 1.165) is 45.2 Å². The first-order valence-electron chi connectivity index (χ1n) is 9.61. The third kappa shape index (κ3) is 3.47. The summed E-state index contributed by atoms with van der Waals surface area (Å²) in [7, 11) is 0. The number of hydrogen-bond acceptors (Lipinski definition) is 4. The Morgan fingerprint density at radius 1 is 0.920 bits per heavy atom. The Labute approximate surface area is 149 Å². The number of carbonyl (C=O) groups excluding carboxylic acids is 2. The first-order valence-corrected chi connectivity index (χ1v) is 9.61. The molecular formula is C19H28N2O4. The SMILES string of the molecule is O=C(C1CCOC1)N1CCC2(CC1)CN(C(=O)C1CC=CC1)CCO2. The third-order valence-electron chi connectivity index (χ3n) is 6.18. The van der Waals surface area contributed by atoms with Crippen LogP contribution in [0.1, 0.15) is 32.1 Å². The van der Waals surface area contributed by atoms with Gasteiger partial charge in [0, 0.05) is 38.7 Å². The van der Waals surface area contributed by atoms with Gasteiger partial charge in [-0.05, 0) is 32.1 Å². The minimum atomic E-state index is -0.261. The zero-order valence-corrected chi connectivity index (χ0v) is 14.8. The van der Waals surface area contributed by atoms with Crippen LogP contribution in [-0.2, 0) is 19.1 Å². The lowest BCUT2D eigenvalue weighted by Gasteiger charge is -2.48. The Hall–Kier alpha value is -1.40. The van der Waals surface area contributed by atoms with Crippen LogP contribution in [-0.4, -0.2) is 73.2 Å². The molecular weight excluding hydrogens is 320 g/mol. The Balaban J connectivity index is 1.33. The standard InChI is InChI=1S/C19H28N2O4/c22-17(15-3-1-2-4-15)21-10-12-25-19(14-21)6-8-20(9-7-19)18(23)16-5-11-24-13-16/h1-2,15-16H,3-14H2. The van der Waals surface area contributed by atoms with E-state index < -0.39 is 0 Å². The van der Waals surface area contributed by atoms with Crippen LogP contribution in [0.4, 0.5) is 0 Å². The van der Waals surface area contributed by atoms with Crippen LogP contribution in [0.25, 0.3) is 0 Å². The van der Waals surface area contributed by atoms with Crippen molar-refractivity contribution in [2.75, 3.05) is 46.0 Å². The van der Waals surface area contributed by atoms with E-state index in [0.29, 0.717) is 32.9 Å². The average Bonchev–Trinajstić information content (AvgIpc) is 3.35. The van der Waals surface area contributed by atoms with Gasteiger partial charge < -0.3 is 19.3 Å². The Morgan fingerprint density at radius 2 is 1.64 bits per heavy atom. The van der Waals surface area contributed by atoms with Gasteiger partial charge in [0.2, 0.25) is 11.8 Å². The predicted molar refractivity (Wildman–Crippen MR) is 91.9 cm³/mol. The maximum absolute atomic E-state index is 12.7. The molecule has 0 aromatic rings. The maximum atomic E-state index is 12.7. The zero-order chi connectivity index (χ0) is 17.3. The number of carbonyl (C=O) groups is 2. The van der Waals surface area contributed by atoms with Crippen LogP contribution in [0.3, 0.4) is 0 Å². The van der Waals surface area contributed by atoms with Gasteiger partial charge in [0.25, 0.3) is 0 Å². The van der Waals surface area contributed by atoms with Gasteiger partial charge in [0.05, 0.1) is 24.7 Å². The van der Waals surface area contributed by atoms with Gasteiger partial charge >= 0.3 is 0 Å². The van der Waals surface area contributed by atoms with E-state index in [-0.39, 0.29) is 29.3 Å². The number of hydrogen-bond donors (Lipinski definition) is 0. The summed E-state index contributed by atoms with van der Waals surface area (Å²) < 4.78 is 11.5. The predicted octanol–water partition coefficient (Wildman–Crippen LogP) is 1.21. The van der Waals surface area contributed by atoms with Gasteiger partial charge in [-0.3, -0.25) is 9.59 Å². The van der Waals surface area contributed by atoms with Crippen LogP contribution in [0.5, 0.6) is 0 Å². The van der Waals surface area contributed by atoms with Gasteiger partial charge in [0.15, 0.2) is 0 Å². The molecule has 25 heavy (non-hydrogen) atoms. The Morgan fingerprint density at radius 3 is 2.32 bits per heavy atom. The molecule has 6 heteroatoms. The summed E-state index contributed by atoms with van der Waals surface area (Å²) in [6, 6.07) is 0. The van der Waals surface area contributed by atoms with Crippen LogP contribution in [0.2, 0.25) is 0 Å². The molecule has 138 valence electrons. The average molecular weight is 348 g/mol. The maximum Gasteiger partial charge on any atom is 0.228 e. The quantitative estimate of drug-likeness (QED) is 0.704. The third-order valence-corrected chi connectivity index (χ3v) is 6.18. The van der Waals surface area contributed by atoms with Crippen LogP contribution in [0.15, 0.2) is 12.2 Å². The minimum absolute atomic E-state index is 0.0364. The molecule has 0 radical (unpaired) electrons. The van der Waals surface area contributed by atoms with Crippen LogP contribution >= 0.6 is 0 Å². The number of allylic oxidation sites excluding steroid dienone is 2. The van der Waals surface area contributed by atoms with Gasteiger partial charge in [0.1, 0.15) is 0 Å². The first-order chi connectivity index (χ1) is 12.2. The summed E-state index contributed by atoms with van der Waals surface area (Å²) in [6.07, 6.45) is 8.43. The molecule has 1 spiro atoms. The van der Waals surface area contributed by atoms with Gasteiger partial charge in [-0.2, -0.15) is 0 Å². The molecule has 1 unspecified atom stereocenters. The molecule has 2 amide bonds. The van der Waals surface area contributed by atoms with E-state index in [4.69, 9.17) is 9.47 Å². The highest BCUT2D eigenvalue weighted by atomic mass is 16.5. The van der Waals surface area contributed by atoms with Crippen LogP contribution in [0, 0.1) is 11.8 Å². The molecule has 3 saturated heterocycles. The topological polar surface area (TPSA) is 59.1 Å². The molecule has 0 aromatic heterocycles. The number of nitrogens with zero attached hydrogens (tertiary/aromatic N) is 2. The minimum Gasteiger partial charge on any atom is -0.381 e. The van der Waals surface area contributed by atoms with Crippen molar-refractivity contribution in [1.29, 1.82) is 0 Å². The number of rotatable bonds is 2. The van der Waals surface area contributed by atoms with E-state index in [9.17, 15) is 9.59 Å². The van der Waals surface area contributed by atoms with E-state index in [1.165, 1.54) is 0 Å². The van der Waals surface area contributed by atoms with Gasteiger partial charge in [-0.1, -0.05) is 12.2 Å². The Bertz CT molecular complexity index is 540. The monoisotopic (exact) mass is 348 g/mol. The lowest BCUT2D eigenvalue weighted by molar-refractivity contribution is -0.166. The lowest BCUT2D eigenvalue weighted by Crippen LogP contribution is -2.59. The summed E-state index contributed by atoms with van der Waals surface area (Å²) in [6.45, 7) is 4.69. The second-order valence-electron chi connectivity index (χ2n) is 7.82. The van der Waals surface area contributed by atoms with E-state index in [1.807, 2.05) is 9.80 Å². The van der Waals surface area contributed by atoms with E-state index in [1.54, 1.807) is 0 Å². The summed E-state index contributed by atoms with van der Waals surface area (Å²) in [5, 5.41) is 0. The molecule has 4 aliphatic rings. The molecule has 0 aromatic carbocycles. The van der Waals surface area contributed by atoms with Crippen LogP contribution < -0.4 is 0 Å². The molecule has 0 bridgehead atoms. The smallest absolute Gasteiger partial charge is 0.228 e. The lowest BCUT2D eigenvalue weighted by atomic mass is 9.88. The first kappa shape index (κ1) is 17.0. The summed E-state index contributed by atoms with van der Waals surface area (Å²) in [4.78, 5) is 29.2. The molecule has 3 heterocycles. The number of piperidine rings is 1. The van der Waals surface area contributed by atoms with E-state index in [2.05, 4.69) is 12.2 Å². The van der Waals surface area contributed by atoms with Crippen molar-refractivity contribution in [2.45, 2.75) is 37.7 Å². The highest BCUT2D eigenvalue weighted by Crippen LogP contribution is 2.32. The number of likely N-dealkylation sites (tertiary alicyclic amines) is 1. The second kappa shape index (κ2) is 7.08. The second-order valence-corrected chi connectivity index (χ2v) is 7.82. The Kier molecular flexibility index (Phi) is 4.82. The molecule has 0 saturated carbocycles. The van der Waals surface area contributed by atoms with Crippen molar-refractivity contribution in [3.63, 3.8) is 0 Å². The number of amides is 2. The fraction of sp³-hybridized carbons (Fsp3) is 0.789. The molecule has 1 atom stereocenters. The normalized spacial score (nSPS) is 29.5. The van der Waals surface area contributed by atoms with E-state index >= 15 is 0 Å². The van der Waals surface area contributed by atoms with Gasteiger partial charge in [-0.25, -0.2) is 0 Å². The summed E-state index contributed by atoms with van der Waals surface area (Å²) in [5.41, 5.74) is -0.261. The van der Waals surface area contributed by atoms with Crippen molar-refractivity contribution in [3.8, 4) is 0 Å². The van der Waals surface area contributed by atoms with Crippen molar-refractivity contribution in [2.24, 2.45) is 11.8 Å². The summed E-state index contributed by atoms with van der Waals surface area (Å²) in [5.74, 6) is 0.663. The highest BCUT2D eigenvalue weighted by molar-refractivity contribution is 5.80. The molecule has 6 nitrogen and oxygen atoms in total. The fourth-order valence-corrected chi connectivity index (χ4v) is 4.53. The van der Waals surface area contributed by atoms with Crippen molar-refractivity contribution in [1.82, 2.24) is 9.80 Å². The van der Waals surface area contributed by atoms with Gasteiger partial charge in [-0.15, -0.1) is 0 Å². The number of morpholine rings is 1.